The van der Waals surface area contributed by atoms with Crippen LogP contribution in [0.1, 0.15) is 12.5 Å². The molecule has 0 N–H and O–H groups in total. The number of Topliss-reactive ketones (excluding diaryl/α,β-unsaturated/α-hetero) is 1. The third kappa shape index (κ3) is 2.78. The quantitative estimate of drug-likeness (QED) is 0.708. The van der Waals surface area contributed by atoms with Crippen molar-refractivity contribution >= 4 is 50.6 Å². The molecule has 0 bridgehead atoms. The Bertz CT molecular complexity index is 1000. The summed E-state index contributed by atoms with van der Waals surface area (Å²) in [6, 6.07) is 13.6. The topological polar surface area (TPSA) is 70.1 Å². The summed E-state index contributed by atoms with van der Waals surface area (Å²) in [4.78, 5) is 39.5. The molecule has 1 fully saturated rings. The van der Waals surface area contributed by atoms with E-state index >= 15 is 0 Å². The molecule has 1 saturated heterocycles. The number of hydrogen-bond donors (Lipinski definition) is 0. The molecule has 2 atom stereocenters. The minimum atomic E-state index is -0.890. The van der Waals surface area contributed by atoms with Crippen molar-refractivity contribution in [2.24, 2.45) is 11.0 Å². The number of fused-ring (bicyclic) bond motifs is 1. The largest absolute Gasteiger partial charge is 0.293 e. The summed E-state index contributed by atoms with van der Waals surface area (Å²) in [6.07, 6.45) is 0. The number of amides is 2. The number of halogens is 1. The van der Waals surface area contributed by atoms with Gasteiger partial charge in [0.2, 0.25) is 5.91 Å². The normalized spacial score (nSPS) is 21.5. The summed E-state index contributed by atoms with van der Waals surface area (Å²) in [5.41, 5.74) is 2.28. The molecule has 0 radical (unpaired) electrons. The van der Waals surface area contributed by atoms with Crippen molar-refractivity contribution in [2.45, 2.75) is 19.9 Å². The first kappa shape index (κ1) is 17.6. The number of hydrogen-bond acceptors (Lipinski definition) is 5. The number of nitrogens with zero attached hydrogens (tertiary/aromatic N) is 3. The van der Waals surface area contributed by atoms with Gasteiger partial charge in [-0.15, -0.1) is 0 Å². The average molecular weight is 426 g/mol. The molecule has 0 spiro atoms. The molecular formula is C20H16BrN3O3. The summed E-state index contributed by atoms with van der Waals surface area (Å²) in [7, 11) is 0. The predicted octanol–water partition coefficient (Wildman–Crippen LogP) is 3.08. The fourth-order valence-corrected chi connectivity index (χ4v) is 3.80. The molecule has 2 aromatic carbocycles. The van der Waals surface area contributed by atoms with Gasteiger partial charge in [-0.2, -0.15) is 5.10 Å². The van der Waals surface area contributed by atoms with Gasteiger partial charge in [-0.3, -0.25) is 19.4 Å². The Labute approximate surface area is 164 Å². The van der Waals surface area contributed by atoms with Crippen LogP contribution in [0.5, 0.6) is 0 Å². The maximum absolute atomic E-state index is 13.2. The molecule has 0 aliphatic carbocycles. The van der Waals surface area contributed by atoms with Gasteiger partial charge in [-0.25, -0.2) is 4.90 Å². The summed E-state index contributed by atoms with van der Waals surface area (Å²) in [5.74, 6) is -2.00. The zero-order valence-corrected chi connectivity index (χ0v) is 16.3. The van der Waals surface area contributed by atoms with Crippen LogP contribution in [0, 0.1) is 12.8 Å². The van der Waals surface area contributed by atoms with Crippen LogP contribution < -0.4 is 9.91 Å². The maximum Gasteiger partial charge on any atom is 0.259 e. The molecule has 2 aliphatic rings. The highest BCUT2D eigenvalue weighted by molar-refractivity contribution is 9.10. The monoisotopic (exact) mass is 425 g/mol. The van der Waals surface area contributed by atoms with Gasteiger partial charge >= 0.3 is 0 Å². The minimum absolute atomic E-state index is 0.125. The van der Waals surface area contributed by atoms with E-state index in [1.807, 2.05) is 31.2 Å². The van der Waals surface area contributed by atoms with Gasteiger partial charge in [-0.05, 0) is 48.9 Å². The van der Waals surface area contributed by atoms with Crippen LogP contribution in [0.25, 0.3) is 0 Å². The first-order valence-electron chi connectivity index (χ1n) is 8.47. The van der Waals surface area contributed by atoms with Crippen LogP contribution >= 0.6 is 15.9 Å². The molecule has 2 amide bonds. The summed E-state index contributed by atoms with van der Waals surface area (Å²) in [5, 5.41) is 5.86. The second kappa shape index (κ2) is 6.42. The van der Waals surface area contributed by atoms with Crippen LogP contribution in [-0.2, 0) is 14.4 Å². The highest BCUT2D eigenvalue weighted by atomic mass is 79.9. The van der Waals surface area contributed by atoms with Crippen LogP contribution in [0.4, 0.5) is 11.4 Å². The van der Waals surface area contributed by atoms with Gasteiger partial charge in [0.05, 0.1) is 11.4 Å². The molecule has 0 saturated carbocycles. The maximum atomic E-state index is 13.2. The lowest BCUT2D eigenvalue weighted by atomic mass is 9.95. The highest BCUT2D eigenvalue weighted by Gasteiger charge is 2.58. The lowest BCUT2D eigenvalue weighted by Crippen LogP contribution is -2.39. The Hall–Kier alpha value is -2.80. The number of rotatable bonds is 3. The number of imide groups is 1. The molecule has 0 unspecified atom stereocenters. The van der Waals surface area contributed by atoms with E-state index in [1.165, 1.54) is 11.9 Å². The minimum Gasteiger partial charge on any atom is -0.293 e. The Kier molecular flexibility index (Phi) is 4.19. The van der Waals surface area contributed by atoms with Gasteiger partial charge in [0, 0.05) is 11.4 Å². The van der Waals surface area contributed by atoms with Gasteiger partial charge in [0.15, 0.2) is 5.78 Å². The molecular weight excluding hydrogens is 410 g/mol. The first-order chi connectivity index (χ1) is 12.9. The molecule has 2 aliphatic heterocycles. The lowest BCUT2D eigenvalue weighted by Gasteiger charge is -2.22. The number of ketones is 1. The lowest BCUT2D eigenvalue weighted by molar-refractivity contribution is -0.122. The van der Waals surface area contributed by atoms with Crippen molar-refractivity contribution in [1.82, 2.24) is 0 Å². The van der Waals surface area contributed by atoms with Crippen molar-refractivity contribution < 1.29 is 14.4 Å². The number of aryl methyl sites for hydroxylation is 1. The summed E-state index contributed by atoms with van der Waals surface area (Å²) >= 11 is 3.35. The highest BCUT2D eigenvalue weighted by Crippen LogP contribution is 2.38. The zero-order chi connectivity index (χ0) is 19.3. The summed E-state index contributed by atoms with van der Waals surface area (Å²) < 4.78 is 0.845. The van der Waals surface area contributed by atoms with Crippen LogP contribution in [0.2, 0.25) is 0 Å². The van der Waals surface area contributed by atoms with Gasteiger partial charge in [0.25, 0.3) is 5.91 Å². The van der Waals surface area contributed by atoms with E-state index < -0.39 is 17.9 Å². The van der Waals surface area contributed by atoms with E-state index in [-0.39, 0.29) is 17.4 Å². The number of carbonyl (C=O) groups excluding carboxylic acids is 3. The molecule has 27 heavy (non-hydrogen) atoms. The second-order valence-electron chi connectivity index (χ2n) is 6.64. The number of carbonyl (C=O) groups is 3. The van der Waals surface area contributed by atoms with E-state index in [0.717, 1.165) is 14.9 Å². The Morgan fingerprint density at radius 1 is 1.04 bits per heavy atom. The molecule has 6 nitrogen and oxygen atoms in total. The SMILES string of the molecule is CC(=O)C1=NN(c2cccc(C)c2)[C@@H]2C(=O)N(c3ccc(Br)cc3)C(=O)[C@@H]12. The molecule has 0 aromatic heterocycles. The fourth-order valence-electron chi connectivity index (χ4n) is 3.53. The van der Waals surface area contributed by atoms with Crippen molar-refractivity contribution in [1.29, 1.82) is 0 Å². The van der Waals surface area contributed by atoms with E-state index in [4.69, 9.17) is 0 Å². The average Bonchev–Trinajstić information content (AvgIpc) is 3.14. The smallest absolute Gasteiger partial charge is 0.259 e. The molecule has 2 aromatic rings. The zero-order valence-electron chi connectivity index (χ0n) is 14.7. The standard InChI is InChI=1S/C20H16BrN3O3/c1-11-4-3-5-15(10-11)24-18-16(17(22-24)12(2)25)19(26)23(20(18)27)14-8-6-13(21)7-9-14/h3-10,16,18H,1-2H3/t16-,18-/m0/s1. The van der Waals surface area contributed by atoms with Crippen LogP contribution in [0.3, 0.4) is 0 Å². The molecule has 136 valence electrons. The third-order valence-corrected chi connectivity index (χ3v) is 5.29. The van der Waals surface area contributed by atoms with Crippen molar-refractivity contribution in [3.63, 3.8) is 0 Å². The van der Waals surface area contributed by atoms with E-state index in [0.29, 0.717) is 11.4 Å². The first-order valence-corrected chi connectivity index (χ1v) is 9.26. The van der Waals surface area contributed by atoms with E-state index in [9.17, 15) is 14.4 Å². The third-order valence-electron chi connectivity index (χ3n) is 4.76. The van der Waals surface area contributed by atoms with Crippen molar-refractivity contribution in [3.8, 4) is 0 Å². The van der Waals surface area contributed by atoms with E-state index in [1.54, 1.807) is 24.3 Å². The molecule has 2 heterocycles. The van der Waals surface area contributed by atoms with Gasteiger partial charge < -0.3 is 0 Å². The number of anilines is 2. The van der Waals surface area contributed by atoms with Crippen LogP contribution in [0.15, 0.2) is 58.1 Å². The number of benzene rings is 2. The number of hydrazone groups is 1. The fraction of sp³-hybridized carbons (Fsp3) is 0.200. The molecule has 4 rings (SSSR count). The predicted molar refractivity (Wildman–Crippen MR) is 106 cm³/mol. The second-order valence-corrected chi connectivity index (χ2v) is 7.55. The Morgan fingerprint density at radius 2 is 1.74 bits per heavy atom. The van der Waals surface area contributed by atoms with Crippen molar-refractivity contribution in [2.75, 3.05) is 9.91 Å². The van der Waals surface area contributed by atoms with Crippen molar-refractivity contribution in [3.05, 3.63) is 58.6 Å². The summed E-state index contributed by atoms with van der Waals surface area (Å²) in [6.45, 7) is 3.30. The van der Waals surface area contributed by atoms with Gasteiger partial charge in [0.1, 0.15) is 17.7 Å². The van der Waals surface area contributed by atoms with Crippen LogP contribution in [-0.4, -0.2) is 29.4 Å². The molecule has 7 heteroatoms. The Balaban J connectivity index is 1.80. The Morgan fingerprint density at radius 3 is 2.37 bits per heavy atom. The van der Waals surface area contributed by atoms with E-state index in [2.05, 4.69) is 21.0 Å². The van der Waals surface area contributed by atoms with Gasteiger partial charge in [-0.1, -0.05) is 28.1 Å².